The van der Waals surface area contributed by atoms with E-state index in [-0.39, 0.29) is 17.8 Å². The van der Waals surface area contributed by atoms with Crippen LogP contribution in [0.4, 0.5) is 10.1 Å². The lowest BCUT2D eigenvalue weighted by Gasteiger charge is -2.17. The molecule has 0 bridgehead atoms. The average molecular weight is 326 g/mol. The molecule has 24 heavy (non-hydrogen) atoms. The Labute approximate surface area is 140 Å². The minimum Gasteiger partial charge on any atom is -0.488 e. The van der Waals surface area contributed by atoms with Crippen molar-refractivity contribution in [1.29, 1.82) is 0 Å². The van der Waals surface area contributed by atoms with E-state index < -0.39 is 0 Å². The monoisotopic (exact) mass is 326 g/mol. The highest BCUT2D eigenvalue weighted by atomic mass is 19.1. The van der Waals surface area contributed by atoms with E-state index in [4.69, 9.17) is 4.74 Å². The number of nitrogens with one attached hydrogen (secondary N) is 1. The molecule has 1 aliphatic rings. The lowest BCUT2D eigenvalue weighted by Crippen LogP contribution is -2.14. The summed E-state index contributed by atoms with van der Waals surface area (Å²) < 4.78 is 19.5. The highest BCUT2D eigenvalue weighted by Crippen LogP contribution is 2.35. The molecular formula is C19H19FN2O2. The molecule has 5 heteroatoms. The van der Waals surface area contributed by atoms with Gasteiger partial charge in [0.25, 0.3) is 0 Å². The largest absolute Gasteiger partial charge is 0.488 e. The van der Waals surface area contributed by atoms with Gasteiger partial charge in [-0.3, -0.25) is 9.79 Å². The fourth-order valence-electron chi connectivity index (χ4n) is 2.54. The topological polar surface area (TPSA) is 50.7 Å². The minimum atomic E-state index is -0.333. The van der Waals surface area contributed by atoms with Gasteiger partial charge in [0, 0.05) is 25.1 Å². The first-order valence-corrected chi connectivity index (χ1v) is 7.89. The number of halogens is 1. The van der Waals surface area contributed by atoms with E-state index in [0.717, 1.165) is 12.8 Å². The number of carbonyl (C=O) groups is 1. The van der Waals surface area contributed by atoms with Gasteiger partial charge in [-0.05, 0) is 31.0 Å². The maximum atomic E-state index is 13.6. The van der Waals surface area contributed by atoms with Gasteiger partial charge < -0.3 is 10.1 Å². The summed E-state index contributed by atoms with van der Waals surface area (Å²) in [5.41, 5.74) is 2.52. The van der Waals surface area contributed by atoms with E-state index in [2.05, 4.69) is 10.3 Å². The molecule has 1 amide bonds. The summed E-state index contributed by atoms with van der Waals surface area (Å²) in [5.74, 6) is 0.0839. The molecule has 0 radical (unpaired) electrons. The summed E-state index contributed by atoms with van der Waals surface area (Å²) in [4.78, 5) is 16.0. The van der Waals surface area contributed by atoms with Crippen molar-refractivity contribution in [3.05, 3.63) is 59.4 Å². The SMILES string of the molecule is CN=C(c1cccc(F)c1)c1cccc(OC2CC2)c1NC(C)=O. The summed E-state index contributed by atoms with van der Waals surface area (Å²) in [5, 5.41) is 2.84. The van der Waals surface area contributed by atoms with Crippen LogP contribution in [0, 0.1) is 5.82 Å². The number of rotatable bonds is 5. The van der Waals surface area contributed by atoms with Gasteiger partial charge in [-0.2, -0.15) is 0 Å². The van der Waals surface area contributed by atoms with Crippen molar-refractivity contribution in [1.82, 2.24) is 0 Å². The minimum absolute atomic E-state index is 0.196. The zero-order chi connectivity index (χ0) is 17.1. The lowest BCUT2D eigenvalue weighted by atomic mass is 9.99. The fourth-order valence-corrected chi connectivity index (χ4v) is 2.54. The standard InChI is InChI=1S/C19H19FN2O2/c1-12(23)22-19-16(7-4-8-17(19)24-15-9-10-15)18(21-2)13-5-3-6-14(20)11-13/h3-8,11,15H,9-10H2,1-2H3,(H,22,23). The van der Waals surface area contributed by atoms with Gasteiger partial charge in [0.05, 0.1) is 17.5 Å². The van der Waals surface area contributed by atoms with E-state index in [1.807, 2.05) is 18.2 Å². The maximum absolute atomic E-state index is 13.6. The van der Waals surface area contributed by atoms with Gasteiger partial charge in [0.2, 0.25) is 5.91 Å². The smallest absolute Gasteiger partial charge is 0.221 e. The van der Waals surface area contributed by atoms with Crippen LogP contribution in [0.3, 0.4) is 0 Å². The Balaban J connectivity index is 2.08. The van der Waals surface area contributed by atoms with Crippen molar-refractivity contribution in [2.24, 2.45) is 4.99 Å². The molecule has 1 fully saturated rings. The van der Waals surface area contributed by atoms with Crippen molar-refractivity contribution < 1.29 is 13.9 Å². The molecule has 3 rings (SSSR count). The number of anilines is 1. The van der Waals surface area contributed by atoms with Gasteiger partial charge >= 0.3 is 0 Å². The van der Waals surface area contributed by atoms with Crippen molar-refractivity contribution in [2.45, 2.75) is 25.9 Å². The van der Waals surface area contributed by atoms with Crippen LogP contribution in [0.2, 0.25) is 0 Å². The third-order valence-electron chi connectivity index (χ3n) is 3.72. The van der Waals surface area contributed by atoms with Crippen LogP contribution in [0.25, 0.3) is 0 Å². The van der Waals surface area contributed by atoms with Crippen LogP contribution in [-0.2, 0) is 4.79 Å². The summed E-state index contributed by atoms with van der Waals surface area (Å²) in [6.07, 6.45) is 2.23. The van der Waals surface area contributed by atoms with Gasteiger partial charge in [-0.15, -0.1) is 0 Å². The van der Waals surface area contributed by atoms with Crippen molar-refractivity contribution in [3.63, 3.8) is 0 Å². The first-order chi connectivity index (χ1) is 11.6. The summed E-state index contributed by atoms with van der Waals surface area (Å²) in [6, 6.07) is 11.8. The Bertz CT molecular complexity index is 798. The van der Waals surface area contributed by atoms with Crippen molar-refractivity contribution >= 4 is 17.3 Å². The number of nitrogens with zero attached hydrogens (tertiary/aromatic N) is 1. The van der Waals surface area contributed by atoms with Crippen LogP contribution < -0.4 is 10.1 Å². The second-order valence-corrected chi connectivity index (χ2v) is 5.76. The van der Waals surface area contributed by atoms with Crippen LogP contribution in [0.5, 0.6) is 5.75 Å². The van der Waals surface area contributed by atoms with Gasteiger partial charge in [-0.1, -0.05) is 24.3 Å². The molecule has 1 saturated carbocycles. The number of benzene rings is 2. The van der Waals surface area contributed by atoms with Crippen LogP contribution in [-0.4, -0.2) is 24.8 Å². The van der Waals surface area contributed by atoms with Gasteiger partial charge in [0.1, 0.15) is 11.6 Å². The molecular weight excluding hydrogens is 307 g/mol. The van der Waals surface area contributed by atoms with Crippen LogP contribution in [0.1, 0.15) is 30.9 Å². The lowest BCUT2D eigenvalue weighted by molar-refractivity contribution is -0.114. The number of carbonyl (C=O) groups excluding carboxylic acids is 1. The number of ether oxygens (including phenoxy) is 1. The Morgan fingerprint density at radius 3 is 2.62 bits per heavy atom. The molecule has 1 aliphatic carbocycles. The number of aliphatic imine (C=N–C) groups is 1. The Morgan fingerprint density at radius 2 is 2.00 bits per heavy atom. The molecule has 1 N–H and O–H groups in total. The Morgan fingerprint density at radius 1 is 1.25 bits per heavy atom. The summed E-state index contributed by atoms with van der Waals surface area (Å²) >= 11 is 0. The molecule has 0 aliphatic heterocycles. The third kappa shape index (κ3) is 3.62. The molecule has 2 aromatic carbocycles. The maximum Gasteiger partial charge on any atom is 0.221 e. The zero-order valence-corrected chi connectivity index (χ0v) is 13.7. The number of hydrogen-bond donors (Lipinski definition) is 1. The molecule has 2 aromatic rings. The Kier molecular flexibility index (Phi) is 4.60. The van der Waals surface area contributed by atoms with Crippen LogP contribution in [0.15, 0.2) is 47.5 Å². The summed E-state index contributed by atoms with van der Waals surface area (Å²) in [7, 11) is 1.65. The van der Waals surface area contributed by atoms with E-state index in [1.54, 1.807) is 19.2 Å². The van der Waals surface area contributed by atoms with E-state index in [1.165, 1.54) is 19.1 Å². The third-order valence-corrected chi connectivity index (χ3v) is 3.72. The quantitative estimate of drug-likeness (QED) is 0.850. The molecule has 0 saturated heterocycles. The molecule has 4 nitrogen and oxygen atoms in total. The van der Waals surface area contributed by atoms with E-state index >= 15 is 0 Å². The highest BCUT2D eigenvalue weighted by Gasteiger charge is 2.26. The summed E-state index contributed by atoms with van der Waals surface area (Å²) in [6.45, 7) is 1.45. The number of amides is 1. The highest BCUT2D eigenvalue weighted by molar-refractivity contribution is 6.17. The normalized spacial score (nSPS) is 14.4. The Hall–Kier alpha value is -2.69. The zero-order valence-electron chi connectivity index (χ0n) is 13.7. The average Bonchev–Trinajstić information content (AvgIpc) is 3.34. The molecule has 0 spiro atoms. The molecule has 0 atom stereocenters. The number of hydrogen-bond acceptors (Lipinski definition) is 3. The second-order valence-electron chi connectivity index (χ2n) is 5.76. The molecule has 124 valence electrons. The predicted molar refractivity (Wildman–Crippen MR) is 92.4 cm³/mol. The first kappa shape index (κ1) is 16.2. The fraction of sp³-hybridized carbons (Fsp3) is 0.263. The van der Waals surface area contributed by atoms with Crippen LogP contribution >= 0.6 is 0 Å². The van der Waals surface area contributed by atoms with E-state index in [0.29, 0.717) is 28.3 Å². The van der Waals surface area contributed by atoms with Crippen molar-refractivity contribution in [3.8, 4) is 5.75 Å². The predicted octanol–water partition coefficient (Wildman–Crippen LogP) is 3.79. The number of para-hydroxylation sites is 1. The molecule has 0 aromatic heterocycles. The van der Waals surface area contributed by atoms with Gasteiger partial charge in [-0.25, -0.2) is 4.39 Å². The van der Waals surface area contributed by atoms with E-state index in [9.17, 15) is 9.18 Å². The van der Waals surface area contributed by atoms with Gasteiger partial charge in [0.15, 0.2) is 0 Å². The first-order valence-electron chi connectivity index (χ1n) is 7.89. The van der Waals surface area contributed by atoms with Crippen molar-refractivity contribution in [2.75, 3.05) is 12.4 Å². The second kappa shape index (κ2) is 6.83. The molecule has 0 heterocycles. The molecule has 0 unspecified atom stereocenters.